The Morgan fingerprint density at radius 2 is 2.10 bits per heavy atom. The molecule has 2 atom stereocenters. The summed E-state index contributed by atoms with van der Waals surface area (Å²) in [7, 11) is 0. The number of para-hydroxylation sites is 1. The van der Waals surface area contributed by atoms with Crippen molar-refractivity contribution in [1.29, 1.82) is 0 Å². The van der Waals surface area contributed by atoms with Crippen molar-refractivity contribution in [1.82, 2.24) is 0 Å². The summed E-state index contributed by atoms with van der Waals surface area (Å²) >= 11 is 1.86. The molecule has 0 radical (unpaired) electrons. The standard InChI is InChI=1S/C18H27NS/c1-5-10-20-17-9-7-6-8-16(17)19-15-11-14(2)12-18(3,4)13-15/h5-9,14-15,19H,1,10-13H2,2-4H3. The molecule has 1 aromatic rings. The van der Waals surface area contributed by atoms with E-state index in [0.717, 1.165) is 11.7 Å². The van der Waals surface area contributed by atoms with Crippen molar-refractivity contribution in [2.75, 3.05) is 11.1 Å². The van der Waals surface area contributed by atoms with E-state index in [1.807, 2.05) is 17.8 Å². The van der Waals surface area contributed by atoms with Crippen molar-refractivity contribution in [3.63, 3.8) is 0 Å². The molecule has 0 amide bonds. The summed E-state index contributed by atoms with van der Waals surface area (Å²) in [5.74, 6) is 1.77. The summed E-state index contributed by atoms with van der Waals surface area (Å²) in [6, 6.07) is 9.24. The van der Waals surface area contributed by atoms with Gasteiger partial charge in [-0.2, -0.15) is 0 Å². The van der Waals surface area contributed by atoms with Crippen molar-refractivity contribution in [2.45, 2.75) is 51.0 Å². The molecule has 1 N–H and O–H groups in total. The highest BCUT2D eigenvalue weighted by molar-refractivity contribution is 7.99. The highest BCUT2D eigenvalue weighted by Gasteiger charge is 2.32. The lowest BCUT2D eigenvalue weighted by Crippen LogP contribution is -2.35. The quantitative estimate of drug-likeness (QED) is 0.560. The van der Waals surface area contributed by atoms with Gasteiger partial charge in [-0.25, -0.2) is 0 Å². The number of benzene rings is 1. The minimum atomic E-state index is 0.457. The van der Waals surface area contributed by atoms with Crippen LogP contribution in [0.5, 0.6) is 0 Å². The fourth-order valence-electron chi connectivity index (χ4n) is 3.54. The van der Waals surface area contributed by atoms with E-state index < -0.39 is 0 Å². The highest BCUT2D eigenvalue weighted by atomic mass is 32.2. The zero-order valence-electron chi connectivity index (χ0n) is 13.0. The van der Waals surface area contributed by atoms with E-state index in [4.69, 9.17) is 0 Å². The molecule has 0 heterocycles. The van der Waals surface area contributed by atoms with Gasteiger partial charge < -0.3 is 5.32 Å². The molecule has 1 saturated carbocycles. The summed E-state index contributed by atoms with van der Waals surface area (Å²) in [5, 5.41) is 3.79. The molecule has 2 heteroatoms. The number of nitrogens with one attached hydrogen (secondary N) is 1. The Balaban J connectivity index is 2.07. The molecule has 1 aromatic carbocycles. The Hall–Kier alpha value is -0.890. The first kappa shape index (κ1) is 15.5. The minimum absolute atomic E-state index is 0.457. The van der Waals surface area contributed by atoms with Crippen LogP contribution in [0.1, 0.15) is 40.0 Å². The largest absolute Gasteiger partial charge is 0.381 e. The van der Waals surface area contributed by atoms with Crippen LogP contribution in [0.25, 0.3) is 0 Å². The first-order chi connectivity index (χ1) is 9.50. The van der Waals surface area contributed by atoms with Crippen LogP contribution in [-0.4, -0.2) is 11.8 Å². The molecule has 2 rings (SSSR count). The lowest BCUT2D eigenvalue weighted by molar-refractivity contribution is 0.178. The van der Waals surface area contributed by atoms with Gasteiger partial charge in [0.25, 0.3) is 0 Å². The van der Waals surface area contributed by atoms with Gasteiger partial charge in [0, 0.05) is 22.4 Å². The molecule has 1 aliphatic carbocycles. The molecular weight excluding hydrogens is 262 g/mol. The van der Waals surface area contributed by atoms with Crippen molar-refractivity contribution >= 4 is 17.4 Å². The Morgan fingerprint density at radius 3 is 2.80 bits per heavy atom. The van der Waals surface area contributed by atoms with E-state index in [-0.39, 0.29) is 0 Å². The SMILES string of the molecule is C=CCSc1ccccc1NC1CC(C)CC(C)(C)C1. The predicted octanol–water partition coefficient (Wildman–Crippen LogP) is 5.59. The Labute approximate surface area is 128 Å². The van der Waals surface area contributed by atoms with Gasteiger partial charge in [0.1, 0.15) is 0 Å². The van der Waals surface area contributed by atoms with Gasteiger partial charge in [-0.05, 0) is 42.7 Å². The van der Waals surface area contributed by atoms with Crippen molar-refractivity contribution in [3.8, 4) is 0 Å². The third kappa shape index (κ3) is 4.31. The molecule has 0 spiro atoms. The van der Waals surface area contributed by atoms with Crippen molar-refractivity contribution in [3.05, 3.63) is 36.9 Å². The molecule has 0 aromatic heterocycles. The fourth-order valence-corrected chi connectivity index (χ4v) is 4.29. The number of hydrogen-bond donors (Lipinski definition) is 1. The average Bonchev–Trinajstić information content (AvgIpc) is 2.35. The van der Waals surface area contributed by atoms with Crippen LogP contribution >= 0.6 is 11.8 Å². The number of hydrogen-bond acceptors (Lipinski definition) is 2. The Bertz CT molecular complexity index is 452. The van der Waals surface area contributed by atoms with Crippen molar-refractivity contribution in [2.24, 2.45) is 11.3 Å². The first-order valence-corrected chi connectivity index (χ1v) is 8.58. The lowest BCUT2D eigenvalue weighted by Gasteiger charge is -2.39. The maximum atomic E-state index is 3.81. The van der Waals surface area contributed by atoms with Crippen LogP contribution in [0.2, 0.25) is 0 Å². The van der Waals surface area contributed by atoms with Gasteiger partial charge in [0.2, 0.25) is 0 Å². The van der Waals surface area contributed by atoms with E-state index in [1.165, 1.54) is 29.8 Å². The molecule has 2 unspecified atom stereocenters. The summed E-state index contributed by atoms with van der Waals surface area (Å²) in [6.45, 7) is 11.0. The first-order valence-electron chi connectivity index (χ1n) is 7.59. The smallest absolute Gasteiger partial charge is 0.0480 e. The average molecular weight is 289 g/mol. The second kappa shape index (κ2) is 6.71. The van der Waals surface area contributed by atoms with Gasteiger partial charge in [-0.1, -0.05) is 39.0 Å². The molecule has 1 nitrogen and oxygen atoms in total. The molecule has 1 aliphatic rings. The van der Waals surface area contributed by atoms with Gasteiger partial charge in [-0.3, -0.25) is 0 Å². The minimum Gasteiger partial charge on any atom is -0.381 e. The highest BCUT2D eigenvalue weighted by Crippen LogP contribution is 2.40. The molecule has 20 heavy (non-hydrogen) atoms. The van der Waals surface area contributed by atoms with Crippen LogP contribution in [0, 0.1) is 11.3 Å². The van der Waals surface area contributed by atoms with Crippen LogP contribution in [-0.2, 0) is 0 Å². The van der Waals surface area contributed by atoms with E-state index >= 15 is 0 Å². The van der Waals surface area contributed by atoms with Gasteiger partial charge in [0.05, 0.1) is 0 Å². The molecule has 110 valence electrons. The topological polar surface area (TPSA) is 12.0 Å². The Morgan fingerprint density at radius 1 is 1.35 bits per heavy atom. The summed E-state index contributed by atoms with van der Waals surface area (Å²) in [5.41, 5.74) is 1.74. The third-order valence-corrected chi connectivity index (χ3v) is 5.06. The monoisotopic (exact) mass is 289 g/mol. The maximum Gasteiger partial charge on any atom is 0.0480 e. The second-order valence-corrected chi connectivity index (χ2v) is 7.91. The van der Waals surface area contributed by atoms with Crippen LogP contribution in [0.15, 0.2) is 41.8 Å². The molecule has 0 saturated heterocycles. The third-order valence-electron chi connectivity index (χ3n) is 3.99. The van der Waals surface area contributed by atoms with Crippen molar-refractivity contribution < 1.29 is 0 Å². The fraction of sp³-hybridized carbons (Fsp3) is 0.556. The molecular formula is C18H27NS. The summed E-state index contributed by atoms with van der Waals surface area (Å²) in [4.78, 5) is 1.34. The summed E-state index contributed by atoms with van der Waals surface area (Å²) < 4.78 is 0. The molecule has 1 fully saturated rings. The van der Waals surface area contributed by atoms with Crippen LogP contribution < -0.4 is 5.32 Å². The van der Waals surface area contributed by atoms with E-state index in [1.54, 1.807) is 0 Å². The van der Waals surface area contributed by atoms with E-state index in [2.05, 4.69) is 56.9 Å². The van der Waals surface area contributed by atoms with Crippen LogP contribution in [0.3, 0.4) is 0 Å². The number of anilines is 1. The summed E-state index contributed by atoms with van der Waals surface area (Å²) in [6.07, 6.45) is 5.85. The second-order valence-electron chi connectivity index (χ2n) is 6.85. The van der Waals surface area contributed by atoms with Crippen LogP contribution in [0.4, 0.5) is 5.69 Å². The molecule has 0 aliphatic heterocycles. The van der Waals surface area contributed by atoms with E-state index in [9.17, 15) is 0 Å². The number of thioether (sulfide) groups is 1. The van der Waals surface area contributed by atoms with Gasteiger partial charge in [0.15, 0.2) is 0 Å². The van der Waals surface area contributed by atoms with E-state index in [0.29, 0.717) is 11.5 Å². The normalized spacial score (nSPS) is 25.1. The predicted molar refractivity (Wildman–Crippen MR) is 91.6 cm³/mol. The van der Waals surface area contributed by atoms with Gasteiger partial charge >= 0.3 is 0 Å². The zero-order chi connectivity index (χ0) is 14.6. The Kier molecular flexibility index (Phi) is 5.20. The zero-order valence-corrected chi connectivity index (χ0v) is 13.8. The van der Waals surface area contributed by atoms with Gasteiger partial charge in [-0.15, -0.1) is 18.3 Å². The molecule has 0 bridgehead atoms. The lowest BCUT2D eigenvalue weighted by atomic mass is 9.70. The maximum absolute atomic E-state index is 3.81. The number of rotatable bonds is 5.